The molecule has 2 aromatic carbocycles. The number of halogens is 1. The van der Waals surface area contributed by atoms with E-state index >= 15 is 0 Å². The minimum Gasteiger partial charge on any atom is -0.463 e. The minimum absolute atomic E-state index is 0.0420. The zero-order valence-electron chi connectivity index (χ0n) is 24.7. The highest BCUT2D eigenvalue weighted by Crippen LogP contribution is 2.40. The van der Waals surface area contributed by atoms with Crippen molar-refractivity contribution in [2.75, 3.05) is 19.8 Å². The Balaban J connectivity index is 1.63. The number of ether oxygens (including phenoxy) is 2. The van der Waals surface area contributed by atoms with Crippen molar-refractivity contribution in [1.82, 2.24) is 19.8 Å². The van der Waals surface area contributed by atoms with Crippen LogP contribution in [-0.2, 0) is 27.7 Å². The van der Waals surface area contributed by atoms with Crippen molar-refractivity contribution < 1.29 is 19.1 Å². The first-order valence-electron chi connectivity index (χ1n) is 13.9. The number of para-hydroxylation sites is 2. The van der Waals surface area contributed by atoms with Crippen molar-refractivity contribution in [1.29, 1.82) is 0 Å². The molecule has 218 valence electrons. The van der Waals surface area contributed by atoms with Gasteiger partial charge in [0.05, 0.1) is 35.5 Å². The van der Waals surface area contributed by atoms with Crippen LogP contribution in [0.3, 0.4) is 0 Å². The van der Waals surface area contributed by atoms with Crippen LogP contribution in [0.1, 0.15) is 58.3 Å². The normalized spacial score (nSPS) is 15.7. The second-order valence-electron chi connectivity index (χ2n) is 11.1. The zero-order valence-corrected chi connectivity index (χ0v) is 25.4. The summed E-state index contributed by atoms with van der Waals surface area (Å²) in [5.74, 6) is -0.0318. The van der Waals surface area contributed by atoms with Crippen LogP contribution in [0, 0.1) is 0 Å². The van der Waals surface area contributed by atoms with E-state index < -0.39 is 17.4 Å². The van der Waals surface area contributed by atoms with Crippen LogP contribution in [0.5, 0.6) is 0 Å². The van der Waals surface area contributed by atoms with Crippen LogP contribution >= 0.6 is 11.6 Å². The number of esters is 1. The number of hydrogen-bond acceptors (Lipinski definition) is 5. The Kier molecular flexibility index (Phi) is 9.56. The van der Waals surface area contributed by atoms with Gasteiger partial charge in [-0.1, -0.05) is 48.0 Å². The number of rotatable bonds is 9. The van der Waals surface area contributed by atoms with Gasteiger partial charge in [0.2, 0.25) is 0 Å². The number of nitrogens with one attached hydrogen (secondary N) is 1. The predicted molar refractivity (Wildman–Crippen MR) is 162 cm³/mol. The topological polar surface area (TPSA) is 85.7 Å². The molecule has 3 aromatic rings. The first-order valence-corrected chi connectivity index (χ1v) is 14.3. The Hall–Kier alpha value is -3.62. The van der Waals surface area contributed by atoms with E-state index in [9.17, 15) is 9.59 Å². The molecule has 0 bridgehead atoms. The molecule has 0 radical (unpaired) electrons. The molecule has 0 spiro atoms. The minimum atomic E-state index is -0.506. The van der Waals surface area contributed by atoms with Crippen molar-refractivity contribution in [3.05, 3.63) is 88.0 Å². The third-order valence-corrected chi connectivity index (χ3v) is 7.22. The highest BCUT2D eigenvalue weighted by atomic mass is 35.5. The number of allylic oxidation sites excluding steroid dienone is 2. The van der Waals surface area contributed by atoms with Crippen LogP contribution in [-0.4, -0.2) is 51.8 Å². The molecule has 41 heavy (non-hydrogen) atoms. The second kappa shape index (κ2) is 12.9. The van der Waals surface area contributed by atoms with Crippen LogP contribution in [0.4, 0.5) is 4.79 Å². The molecule has 0 fully saturated rings. The van der Waals surface area contributed by atoms with E-state index in [2.05, 4.69) is 16.0 Å². The molecule has 0 saturated carbocycles. The molecule has 2 amide bonds. The Morgan fingerprint density at radius 1 is 1.10 bits per heavy atom. The fourth-order valence-corrected chi connectivity index (χ4v) is 5.31. The third-order valence-electron chi connectivity index (χ3n) is 6.88. The standard InChI is InChI=1S/C32H39ClN4O4/c1-7-41-30(38)29-23(22-13-8-9-14-24(22)33)19-21(2)37(31(39)35-32(3,4)5)27(29)20-40-18-12-17-28-34-25-15-10-11-16-26(25)36(28)6/h8-11,13-16,19,23H,7,12,17-18,20H2,1-6H3,(H,35,39). The van der Waals surface area contributed by atoms with E-state index in [4.69, 9.17) is 26.1 Å². The number of fused-ring (bicyclic) bond motifs is 1. The number of amides is 2. The van der Waals surface area contributed by atoms with Gasteiger partial charge in [-0.25, -0.2) is 14.6 Å². The summed E-state index contributed by atoms with van der Waals surface area (Å²) < 4.78 is 13.8. The van der Waals surface area contributed by atoms with Gasteiger partial charge in [0.1, 0.15) is 5.82 Å². The lowest BCUT2D eigenvalue weighted by Gasteiger charge is -2.36. The van der Waals surface area contributed by atoms with Crippen molar-refractivity contribution >= 4 is 34.6 Å². The first kappa shape index (κ1) is 30.3. The van der Waals surface area contributed by atoms with Gasteiger partial charge in [-0.05, 0) is 64.8 Å². The maximum Gasteiger partial charge on any atom is 0.336 e. The van der Waals surface area contributed by atoms with Gasteiger partial charge in [0.15, 0.2) is 0 Å². The SMILES string of the molecule is CCOC(=O)C1=C(COCCCc2nc3ccccc3n2C)N(C(=O)NC(C)(C)C)C(C)=CC1c1ccccc1Cl. The van der Waals surface area contributed by atoms with Crippen molar-refractivity contribution in [3.63, 3.8) is 0 Å². The lowest BCUT2D eigenvalue weighted by Crippen LogP contribution is -2.49. The number of benzene rings is 2. The fourth-order valence-electron chi connectivity index (χ4n) is 5.06. The van der Waals surface area contributed by atoms with E-state index in [0.29, 0.717) is 28.6 Å². The average molecular weight is 579 g/mol. The summed E-state index contributed by atoms with van der Waals surface area (Å²) in [5, 5.41) is 3.54. The fraction of sp³-hybridized carbons (Fsp3) is 0.406. The number of aromatic nitrogens is 2. The number of carbonyl (C=O) groups is 2. The lowest BCUT2D eigenvalue weighted by atomic mass is 9.86. The van der Waals surface area contributed by atoms with Gasteiger partial charge in [0, 0.05) is 42.3 Å². The predicted octanol–water partition coefficient (Wildman–Crippen LogP) is 6.50. The largest absolute Gasteiger partial charge is 0.463 e. The summed E-state index contributed by atoms with van der Waals surface area (Å²) >= 11 is 6.60. The van der Waals surface area contributed by atoms with Gasteiger partial charge >= 0.3 is 12.0 Å². The van der Waals surface area contributed by atoms with Crippen LogP contribution in [0.15, 0.2) is 71.6 Å². The molecule has 9 heteroatoms. The number of imidazole rings is 1. The maximum atomic E-state index is 13.6. The maximum absolute atomic E-state index is 13.6. The molecule has 1 N–H and O–H groups in total. The molecule has 1 aliphatic rings. The third kappa shape index (κ3) is 7.00. The van der Waals surface area contributed by atoms with E-state index in [0.717, 1.165) is 35.3 Å². The molecule has 4 rings (SSSR count). The summed E-state index contributed by atoms with van der Waals surface area (Å²) in [6.45, 7) is 9.99. The smallest absolute Gasteiger partial charge is 0.336 e. The van der Waals surface area contributed by atoms with Gasteiger partial charge < -0.3 is 19.4 Å². The van der Waals surface area contributed by atoms with Gasteiger partial charge in [-0.15, -0.1) is 0 Å². The number of aryl methyl sites for hydroxylation is 2. The van der Waals surface area contributed by atoms with Gasteiger partial charge in [0.25, 0.3) is 0 Å². The molecule has 1 unspecified atom stereocenters. The molecule has 1 aliphatic heterocycles. The van der Waals surface area contributed by atoms with Gasteiger partial charge in [-0.2, -0.15) is 0 Å². The van der Waals surface area contributed by atoms with Crippen molar-refractivity contribution in [3.8, 4) is 0 Å². The Labute approximate surface area is 247 Å². The van der Waals surface area contributed by atoms with E-state index in [1.54, 1.807) is 13.0 Å². The van der Waals surface area contributed by atoms with Crippen LogP contribution in [0.2, 0.25) is 5.02 Å². The quantitative estimate of drug-likeness (QED) is 0.231. The van der Waals surface area contributed by atoms with Crippen molar-refractivity contribution in [2.24, 2.45) is 7.05 Å². The summed E-state index contributed by atoms with van der Waals surface area (Å²) in [7, 11) is 2.01. The van der Waals surface area contributed by atoms with E-state index in [1.165, 1.54) is 4.90 Å². The number of hydrogen-bond donors (Lipinski definition) is 1. The summed E-state index contributed by atoms with van der Waals surface area (Å²) in [6.07, 6.45) is 3.32. The summed E-state index contributed by atoms with van der Waals surface area (Å²) in [6, 6.07) is 15.1. The highest BCUT2D eigenvalue weighted by molar-refractivity contribution is 6.31. The molecule has 1 atom stereocenters. The van der Waals surface area contributed by atoms with Crippen LogP contribution in [0.25, 0.3) is 11.0 Å². The van der Waals surface area contributed by atoms with Crippen LogP contribution < -0.4 is 5.32 Å². The van der Waals surface area contributed by atoms with Gasteiger partial charge in [-0.3, -0.25) is 4.90 Å². The molecular formula is C32H39ClN4O4. The number of carbonyl (C=O) groups excluding carboxylic acids is 2. The Morgan fingerprint density at radius 2 is 1.80 bits per heavy atom. The Morgan fingerprint density at radius 3 is 2.49 bits per heavy atom. The summed E-state index contributed by atoms with van der Waals surface area (Å²) in [5.41, 5.74) is 3.77. The highest BCUT2D eigenvalue weighted by Gasteiger charge is 2.37. The molecule has 1 aromatic heterocycles. The molecular weight excluding hydrogens is 540 g/mol. The zero-order chi connectivity index (χ0) is 29.7. The summed E-state index contributed by atoms with van der Waals surface area (Å²) in [4.78, 5) is 33.3. The monoisotopic (exact) mass is 578 g/mol. The van der Waals surface area contributed by atoms with E-state index in [1.807, 2.05) is 77.2 Å². The molecule has 0 aliphatic carbocycles. The Bertz CT molecular complexity index is 1480. The molecule has 2 heterocycles. The molecule has 8 nitrogen and oxygen atoms in total. The van der Waals surface area contributed by atoms with Crippen molar-refractivity contribution in [2.45, 2.75) is 58.9 Å². The number of urea groups is 1. The second-order valence-corrected chi connectivity index (χ2v) is 11.5. The number of nitrogens with zero attached hydrogens (tertiary/aromatic N) is 3. The lowest BCUT2D eigenvalue weighted by molar-refractivity contribution is -0.139. The first-order chi connectivity index (χ1) is 19.5. The average Bonchev–Trinajstić information content (AvgIpc) is 3.22. The molecule has 0 saturated heterocycles. The van der Waals surface area contributed by atoms with E-state index in [-0.39, 0.29) is 19.2 Å².